The topological polar surface area (TPSA) is 175 Å². The standard InChI is InChI=1S/C27H26N4O8/c1-2-27(36)15-5-17-21-13(8-31(17)25(34)14(15)9-37-26(27)35)12(7-29-24(33)22(32)11-3-4-11)19-16(30-21)6-18-23(20(19)28)39-10-38-18/h5-6,11,22,32,36H,2-4,7-10,28H2,1H3,(H,29,33)/t22?,27-/m0/s1. The summed E-state index contributed by atoms with van der Waals surface area (Å²) in [7, 11) is 0. The molecule has 3 aromatic rings. The first-order valence-corrected chi connectivity index (χ1v) is 12.9. The van der Waals surface area contributed by atoms with Gasteiger partial charge < -0.3 is 40.0 Å². The minimum Gasteiger partial charge on any atom is -0.458 e. The largest absolute Gasteiger partial charge is 0.458 e. The first-order chi connectivity index (χ1) is 18.7. The summed E-state index contributed by atoms with van der Waals surface area (Å²) >= 11 is 0. The molecule has 202 valence electrons. The van der Waals surface area contributed by atoms with Crippen LogP contribution in [0.2, 0.25) is 0 Å². The highest BCUT2D eigenvalue weighted by molar-refractivity contribution is 6.01. The number of hydrogen-bond acceptors (Lipinski definition) is 10. The number of amides is 1. The van der Waals surface area contributed by atoms with Crippen molar-refractivity contribution >= 4 is 28.5 Å². The van der Waals surface area contributed by atoms with Crippen molar-refractivity contribution in [3.63, 3.8) is 0 Å². The van der Waals surface area contributed by atoms with Crippen molar-refractivity contribution in [1.82, 2.24) is 14.9 Å². The number of cyclic esters (lactones) is 1. The summed E-state index contributed by atoms with van der Waals surface area (Å²) in [4.78, 5) is 43.7. The number of ether oxygens (including phenoxy) is 3. The number of nitrogens with two attached hydrogens (primary N) is 1. The van der Waals surface area contributed by atoms with E-state index in [0.29, 0.717) is 50.6 Å². The van der Waals surface area contributed by atoms with Gasteiger partial charge in [-0.15, -0.1) is 0 Å². The number of rotatable bonds is 5. The highest BCUT2D eigenvalue weighted by atomic mass is 16.7. The van der Waals surface area contributed by atoms with E-state index in [1.165, 1.54) is 4.57 Å². The lowest BCUT2D eigenvalue weighted by Crippen LogP contribution is -2.44. The van der Waals surface area contributed by atoms with E-state index in [1.54, 1.807) is 19.1 Å². The van der Waals surface area contributed by atoms with Gasteiger partial charge >= 0.3 is 5.97 Å². The summed E-state index contributed by atoms with van der Waals surface area (Å²) in [5.74, 6) is -0.524. The van der Waals surface area contributed by atoms with Gasteiger partial charge in [-0.3, -0.25) is 9.59 Å². The maximum absolute atomic E-state index is 13.6. The smallest absolute Gasteiger partial charge is 0.343 e. The Labute approximate surface area is 221 Å². The van der Waals surface area contributed by atoms with E-state index < -0.39 is 29.1 Å². The Morgan fingerprint density at radius 2 is 2.05 bits per heavy atom. The highest BCUT2D eigenvalue weighted by Crippen LogP contribution is 2.47. The number of nitrogens with zero attached hydrogens (tertiary/aromatic N) is 2. The lowest BCUT2D eigenvalue weighted by atomic mass is 9.86. The molecule has 1 amide bonds. The van der Waals surface area contributed by atoms with Crippen LogP contribution in [-0.4, -0.2) is 44.5 Å². The molecule has 7 rings (SSSR count). The fourth-order valence-corrected chi connectivity index (χ4v) is 5.84. The number of pyridine rings is 2. The zero-order chi connectivity index (χ0) is 27.2. The summed E-state index contributed by atoms with van der Waals surface area (Å²) in [6.07, 6.45) is 0.538. The number of aliphatic hydroxyl groups excluding tert-OH is 1. The van der Waals surface area contributed by atoms with Crippen molar-refractivity contribution in [3.8, 4) is 22.9 Å². The Bertz CT molecular complexity index is 1680. The van der Waals surface area contributed by atoms with Crippen molar-refractivity contribution in [2.45, 2.75) is 57.6 Å². The number of benzene rings is 1. The van der Waals surface area contributed by atoms with Crippen LogP contribution in [0.25, 0.3) is 22.3 Å². The van der Waals surface area contributed by atoms with Gasteiger partial charge in [-0.2, -0.15) is 0 Å². The zero-order valence-corrected chi connectivity index (χ0v) is 21.1. The van der Waals surface area contributed by atoms with Gasteiger partial charge in [0, 0.05) is 29.1 Å². The molecule has 0 spiro atoms. The van der Waals surface area contributed by atoms with E-state index in [0.717, 1.165) is 12.8 Å². The van der Waals surface area contributed by atoms with Crippen LogP contribution in [0, 0.1) is 5.92 Å². The summed E-state index contributed by atoms with van der Waals surface area (Å²) in [6, 6.07) is 3.32. The van der Waals surface area contributed by atoms with Crippen molar-refractivity contribution in [2.24, 2.45) is 5.92 Å². The molecule has 12 heteroatoms. The molecule has 1 aromatic carbocycles. The van der Waals surface area contributed by atoms with Gasteiger partial charge in [0.15, 0.2) is 17.1 Å². The van der Waals surface area contributed by atoms with Crippen LogP contribution in [0.15, 0.2) is 16.9 Å². The first kappa shape index (κ1) is 23.9. The van der Waals surface area contributed by atoms with E-state index in [1.807, 2.05) is 0 Å². The van der Waals surface area contributed by atoms with Crippen LogP contribution in [0.1, 0.15) is 48.4 Å². The molecular weight excluding hydrogens is 508 g/mol. The van der Waals surface area contributed by atoms with E-state index in [-0.39, 0.29) is 50.0 Å². The Balaban J connectivity index is 1.43. The van der Waals surface area contributed by atoms with Crippen molar-refractivity contribution < 1.29 is 34.0 Å². The zero-order valence-electron chi connectivity index (χ0n) is 21.1. The SMILES string of the molecule is CC[C@@]1(O)C(=O)OCc2c1cc1n(c2=O)Cc2c-1nc1cc3c(c(N)c1c2CNC(=O)C(O)C1CC1)OCO3. The lowest BCUT2D eigenvalue weighted by molar-refractivity contribution is -0.172. The monoisotopic (exact) mass is 534 g/mol. The molecule has 0 radical (unpaired) electrons. The van der Waals surface area contributed by atoms with Gasteiger partial charge in [-0.05, 0) is 36.8 Å². The molecule has 0 bridgehead atoms. The van der Waals surface area contributed by atoms with Crippen LogP contribution in [0.4, 0.5) is 5.69 Å². The molecule has 2 aromatic heterocycles. The van der Waals surface area contributed by atoms with Crippen molar-refractivity contribution in [1.29, 1.82) is 0 Å². The number of nitrogens with one attached hydrogen (secondary N) is 1. The van der Waals surface area contributed by atoms with E-state index in [9.17, 15) is 24.6 Å². The maximum atomic E-state index is 13.6. The molecule has 3 aliphatic heterocycles. The molecule has 5 N–H and O–H groups in total. The minimum absolute atomic E-state index is 0.00524. The van der Waals surface area contributed by atoms with Crippen molar-refractivity contribution in [2.75, 3.05) is 12.5 Å². The van der Waals surface area contributed by atoms with Gasteiger partial charge in [0.05, 0.1) is 34.7 Å². The van der Waals surface area contributed by atoms with Gasteiger partial charge in [0.25, 0.3) is 5.56 Å². The summed E-state index contributed by atoms with van der Waals surface area (Å²) < 4.78 is 17.8. The van der Waals surface area contributed by atoms with E-state index in [2.05, 4.69) is 5.32 Å². The number of carbonyl (C=O) groups excluding carboxylic acids is 2. The molecule has 1 fully saturated rings. The van der Waals surface area contributed by atoms with Crippen LogP contribution in [-0.2, 0) is 39.6 Å². The highest BCUT2D eigenvalue weighted by Gasteiger charge is 2.45. The number of esters is 1. The maximum Gasteiger partial charge on any atom is 0.343 e. The van der Waals surface area contributed by atoms with Gasteiger partial charge in [-0.25, -0.2) is 9.78 Å². The average molecular weight is 535 g/mol. The van der Waals surface area contributed by atoms with Crippen molar-refractivity contribution in [3.05, 3.63) is 44.7 Å². The molecule has 0 saturated heterocycles. The van der Waals surface area contributed by atoms with Gasteiger partial charge in [0.1, 0.15) is 12.7 Å². The Morgan fingerprint density at radius 1 is 1.26 bits per heavy atom. The second-order valence-corrected chi connectivity index (χ2v) is 10.4. The fraction of sp³-hybridized carbons (Fsp3) is 0.407. The van der Waals surface area contributed by atoms with E-state index >= 15 is 0 Å². The predicted octanol–water partition coefficient (Wildman–Crippen LogP) is 0.778. The van der Waals surface area contributed by atoms with Crippen LogP contribution in [0.3, 0.4) is 0 Å². The fourth-order valence-electron chi connectivity index (χ4n) is 5.84. The molecule has 12 nitrogen and oxygen atoms in total. The third kappa shape index (κ3) is 3.31. The molecule has 4 aliphatic rings. The molecule has 1 unspecified atom stereocenters. The molecule has 5 heterocycles. The normalized spacial score (nSPS) is 21.3. The lowest BCUT2D eigenvalue weighted by Gasteiger charge is -2.31. The number of aromatic nitrogens is 2. The van der Waals surface area contributed by atoms with Gasteiger partial charge in [0.2, 0.25) is 12.7 Å². The summed E-state index contributed by atoms with van der Waals surface area (Å²) in [5.41, 5.74) is 7.53. The molecular formula is C27H26N4O8. The third-order valence-electron chi connectivity index (χ3n) is 8.24. The minimum atomic E-state index is -1.95. The molecule has 39 heavy (non-hydrogen) atoms. The Kier molecular flexibility index (Phi) is 5.01. The number of carbonyl (C=O) groups is 2. The third-order valence-corrected chi connectivity index (χ3v) is 8.24. The van der Waals surface area contributed by atoms with Crippen LogP contribution >= 0.6 is 0 Å². The summed E-state index contributed by atoms with van der Waals surface area (Å²) in [6.45, 7) is 1.56. The first-order valence-electron chi connectivity index (χ1n) is 12.9. The molecule has 1 saturated carbocycles. The van der Waals surface area contributed by atoms with Crippen LogP contribution < -0.4 is 26.1 Å². The van der Waals surface area contributed by atoms with E-state index in [4.69, 9.17) is 24.9 Å². The molecule has 2 atom stereocenters. The number of anilines is 1. The Morgan fingerprint density at radius 3 is 2.79 bits per heavy atom. The number of nitrogen functional groups attached to an aromatic ring is 1. The average Bonchev–Trinajstić information content (AvgIpc) is 3.56. The van der Waals surface area contributed by atoms with Gasteiger partial charge in [-0.1, -0.05) is 6.92 Å². The molecule has 1 aliphatic carbocycles. The Hall–Kier alpha value is -4.16. The number of fused-ring (bicyclic) bond motifs is 6. The predicted molar refractivity (Wildman–Crippen MR) is 136 cm³/mol. The number of hydrogen-bond donors (Lipinski definition) is 4. The summed E-state index contributed by atoms with van der Waals surface area (Å²) in [5, 5.41) is 24.9. The second-order valence-electron chi connectivity index (χ2n) is 10.4. The van der Waals surface area contributed by atoms with Crippen LogP contribution in [0.5, 0.6) is 11.5 Å². The second kappa shape index (κ2) is 8.17. The quantitative estimate of drug-likeness (QED) is 0.211. The number of aliphatic hydroxyl groups is 2.